The molecule has 0 radical (unpaired) electrons. The number of nitrogens with zero attached hydrogens (tertiary/aromatic N) is 5. The molecule has 1 atom stereocenters. The van der Waals surface area contributed by atoms with Crippen molar-refractivity contribution in [3.05, 3.63) is 54.4 Å². The van der Waals surface area contributed by atoms with Crippen LogP contribution in [-0.4, -0.2) is 77.5 Å². The first-order valence-electron chi connectivity index (χ1n) is 10.1. The molecule has 2 aromatic rings. The number of amides is 1. The van der Waals surface area contributed by atoms with Crippen molar-refractivity contribution in [1.82, 2.24) is 25.1 Å². The van der Waals surface area contributed by atoms with Crippen LogP contribution in [0.4, 0.5) is 5.95 Å². The van der Waals surface area contributed by atoms with Crippen molar-refractivity contribution in [3.63, 3.8) is 0 Å². The van der Waals surface area contributed by atoms with Crippen LogP contribution in [-0.2, 0) is 11.3 Å². The number of benzene rings is 1. The number of hydrogen-bond acceptors (Lipinski definition) is 6. The number of anilines is 1. The molecule has 3 heterocycles. The Morgan fingerprint density at radius 3 is 2.46 bits per heavy atom. The summed E-state index contributed by atoms with van der Waals surface area (Å²) in [6.07, 6.45) is 4.56. The van der Waals surface area contributed by atoms with Crippen molar-refractivity contribution in [3.8, 4) is 0 Å². The maximum atomic E-state index is 12.5. The van der Waals surface area contributed by atoms with E-state index in [1.54, 1.807) is 12.4 Å². The quantitative estimate of drug-likeness (QED) is 0.806. The average molecular weight is 380 g/mol. The van der Waals surface area contributed by atoms with Crippen LogP contribution in [0.5, 0.6) is 0 Å². The van der Waals surface area contributed by atoms with Crippen LogP contribution in [0.25, 0.3) is 0 Å². The molecule has 1 amide bonds. The highest BCUT2D eigenvalue weighted by molar-refractivity contribution is 5.78. The lowest BCUT2D eigenvalue weighted by molar-refractivity contribution is -0.122. The van der Waals surface area contributed by atoms with Gasteiger partial charge in [-0.15, -0.1) is 0 Å². The van der Waals surface area contributed by atoms with Crippen LogP contribution >= 0.6 is 0 Å². The topological polar surface area (TPSA) is 64.6 Å². The molecular weight excluding hydrogens is 352 g/mol. The maximum absolute atomic E-state index is 12.5. The Morgan fingerprint density at radius 2 is 1.71 bits per heavy atom. The van der Waals surface area contributed by atoms with E-state index in [-0.39, 0.29) is 11.9 Å². The van der Waals surface area contributed by atoms with Gasteiger partial charge in [0.25, 0.3) is 0 Å². The lowest BCUT2D eigenvalue weighted by Gasteiger charge is -2.34. The van der Waals surface area contributed by atoms with Gasteiger partial charge in [-0.25, -0.2) is 9.97 Å². The second-order valence-corrected chi connectivity index (χ2v) is 7.59. The van der Waals surface area contributed by atoms with E-state index in [2.05, 4.69) is 54.2 Å². The number of hydrogen-bond donors (Lipinski definition) is 1. The zero-order valence-corrected chi connectivity index (χ0v) is 16.2. The molecule has 2 fully saturated rings. The van der Waals surface area contributed by atoms with Gasteiger partial charge in [0.1, 0.15) is 0 Å². The minimum Gasteiger partial charge on any atom is -0.351 e. The number of piperazine rings is 1. The second-order valence-electron chi connectivity index (χ2n) is 7.59. The van der Waals surface area contributed by atoms with E-state index in [4.69, 9.17) is 0 Å². The van der Waals surface area contributed by atoms with E-state index in [9.17, 15) is 4.79 Å². The van der Waals surface area contributed by atoms with E-state index in [1.807, 2.05) is 12.1 Å². The molecule has 0 bridgehead atoms. The Labute approximate surface area is 166 Å². The zero-order chi connectivity index (χ0) is 19.2. The predicted molar refractivity (Wildman–Crippen MR) is 109 cm³/mol. The third-order valence-electron chi connectivity index (χ3n) is 5.46. The number of aromatic nitrogens is 2. The summed E-state index contributed by atoms with van der Waals surface area (Å²) in [6.45, 7) is 6.81. The fraction of sp³-hybridized carbons (Fsp3) is 0.476. The van der Waals surface area contributed by atoms with Crippen molar-refractivity contribution < 1.29 is 4.79 Å². The first-order chi connectivity index (χ1) is 13.8. The molecule has 0 aliphatic carbocycles. The summed E-state index contributed by atoms with van der Waals surface area (Å²) in [4.78, 5) is 27.9. The number of nitrogens with one attached hydrogen (secondary N) is 1. The highest BCUT2D eigenvalue weighted by atomic mass is 16.2. The first kappa shape index (κ1) is 18.8. The Bertz CT molecular complexity index is 742. The van der Waals surface area contributed by atoms with Gasteiger partial charge in [-0.3, -0.25) is 14.6 Å². The van der Waals surface area contributed by atoms with Crippen LogP contribution in [0.15, 0.2) is 48.8 Å². The summed E-state index contributed by atoms with van der Waals surface area (Å²) in [5.41, 5.74) is 1.33. The van der Waals surface area contributed by atoms with Gasteiger partial charge in [0, 0.05) is 64.2 Å². The van der Waals surface area contributed by atoms with Crippen molar-refractivity contribution in [2.24, 2.45) is 0 Å². The summed E-state index contributed by atoms with van der Waals surface area (Å²) in [6, 6.07) is 12.6. The van der Waals surface area contributed by atoms with Crippen LogP contribution < -0.4 is 10.2 Å². The molecular formula is C21H28N6O. The lowest BCUT2D eigenvalue weighted by Crippen LogP contribution is -2.51. The van der Waals surface area contributed by atoms with Gasteiger partial charge in [-0.05, 0) is 18.1 Å². The van der Waals surface area contributed by atoms with Crippen LogP contribution in [0.1, 0.15) is 12.0 Å². The van der Waals surface area contributed by atoms with E-state index in [0.717, 1.165) is 58.2 Å². The molecule has 1 N–H and O–H groups in total. The molecule has 7 nitrogen and oxygen atoms in total. The monoisotopic (exact) mass is 380 g/mol. The molecule has 1 aromatic heterocycles. The molecule has 28 heavy (non-hydrogen) atoms. The smallest absolute Gasteiger partial charge is 0.234 e. The fourth-order valence-electron chi connectivity index (χ4n) is 3.97. The number of carbonyl (C=O) groups is 1. The highest BCUT2D eigenvalue weighted by Gasteiger charge is 2.25. The number of rotatable bonds is 6. The predicted octanol–water partition coefficient (Wildman–Crippen LogP) is 0.989. The number of likely N-dealkylation sites (tertiary alicyclic amines) is 1. The normalized spacial score (nSPS) is 21.0. The Morgan fingerprint density at radius 1 is 0.964 bits per heavy atom. The Balaban J connectivity index is 1.17. The summed E-state index contributed by atoms with van der Waals surface area (Å²) < 4.78 is 0. The van der Waals surface area contributed by atoms with Crippen LogP contribution in [0.3, 0.4) is 0 Å². The molecule has 0 spiro atoms. The first-order valence-corrected chi connectivity index (χ1v) is 10.1. The van der Waals surface area contributed by atoms with E-state index in [0.29, 0.717) is 6.54 Å². The molecule has 0 saturated carbocycles. The average Bonchev–Trinajstić information content (AvgIpc) is 3.16. The minimum atomic E-state index is 0.135. The van der Waals surface area contributed by atoms with Gasteiger partial charge in [0.15, 0.2) is 0 Å². The van der Waals surface area contributed by atoms with Crippen LogP contribution in [0.2, 0.25) is 0 Å². The van der Waals surface area contributed by atoms with Crippen LogP contribution in [0, 0.1) is 0 Å². The van der Waals surface area contributed by atoms with Crippen molar-refractivity contribution in [2.75, 3.05) is 50.7 Å². The standard InChI is InChI=1S/C21H28N6O/c28-20(17-25-11-13-27(14-12-25)21-22-8-4-9-23-21)24-19-7-10-26(16-19)15-18-5-2-1-3-6-18/h1-6,8-9,19H,7,10-17H2,(H,24,28)/t19-/m0/s1. The third-order valence-corrected chi connectivity index (χ3v) is 5.46. The molecule has 148 valence electrons. The molecule has 2 aliphatic rings. The summed E-state index contributed by atoms with van der Waals surface area (Å²) in [7, 11) is 0. The Kier molecular flexibility index (Phi) is 6.14. The van der Waals surface area contributed by atoms with E-state index in [1.165, 1.54) is 5.56 Å². The Hall–Kier alpha value is -2.51. The van der Waals surface area contributed by atoms with Gasteiger partial charge in [-0.2, -0.15) is 0 Å². The number of carbonyl (C=O) groups excluding carboxylic acids is 1. The molecule has 2 saturated heterocycles. The molecule has 4 rings (SSSR count). The van der Waals surface area contributed by atoms with Gasteiger partial charge < -0.3 is 10.2 Å². The van der Waals surface area contributed by atoms with Gasteiger partial charge in [0.05, 0.1) is 6.54 Å². The summed E-state index contributed by atoms with van der Waals surface area (Å²) in [5, 5.41) is 3.22. The van der Waals surface area contributed by atoms with Gasteiger partial charge in [-0.1, -0.05) is 30.3 Å². The van der Waals surface area contributed by atoms with Gasteiger partial charge >= 0.3 is 0 Å². The maximum Gasteiger partial charge on any atom is 0.234 e. The SMILES string of the molecule is O=C(CN1CCN(c2ncccn2)CC1)N[C@H]1CCN(Cc2ccccc2)C1. The largest absolute Gasteiger partial charge is 0.351 e. The van der Waals surface area contributed by atoms with E-state index < -0.39 is 0 Å². The highest BCUT2D eigenvalue weighted by Crippen LogP contribution is 2.14. The van der Waals surface area contributed by atoms with Gasteiger partial charge in [0.2, 0.25) is 11.9 Å². The molecule has 2 aliphatic heterocycles. The summed E-state index contributed by atoms with van der Waals surface area (Å²) >= 11 is 0. The molecule has 0 unspecified atom stereocenters. The summed E-state index contributed by atoms with van der Waals surface area (Å²) in [5.74, 6) is 0.909. The fourth-order valence-corrected chi connectivity index (χ4v) is 3.97. The second kappa shape index (κ2) is 9.12. The van der Waals surface area contributed by atoms with Crippen molar-refractivity contribution in [1.29, 1.82) is 0 Å². The van der Waals surface area contributed by atoms with E-state index >= 15 is 0 Å². The molecule has 7 heteroatoms. The minimum absolute atomic E-state index is 0.135. The zero-order valence-electron chi connectivity index (χ0n) is 16.2. The third kappa shape index (κ3) is 5.05. The van der Waals surface area contributed by atoms with Crippen molar-refractivity contribution in [2.45, 2.75) is 19.0 Å². The lowest BCUT2D eigenvalue weighted by atomic mass is 10.2. The van der Waals surface area contributed by atoms with Crippen molar-refractivity contribution >= 4 is 11.9 Å². The molecule has 1 aromatic carbocycles.